The van der Waals surface area contributed by atoms with E-state index in [1.807, 2.05) is 0 Å². The Labute approximate surface area is 81.5 Å². The highest BCUT2D eigenvalue weighted by Gasteiger charge is 2.22. The summed E-state index contributed by atoms with van der Waals surface area (Å²) in [4.78, 5) is 0. The maximum absolute atomic E-state index is 3.70. The lowest BCUT2D eigenvalue weighted by atomic mass is 9.92. The molecule has 2 aliphatic rings. The van der Waals surface area contributed by atoms with E-state index < -0.39 is 0 Å². The van der Waals surface area contributed by atoms with Crippen LogP contribution < -0.4 is 10.6 Å². The van der Waals surface area contributed by atoms with Crippen molar-refractivity contribution in [2.45, 2.75) is 63.6 Å². The summed E-state index contributed by atoms with van der Waals surface area (Å²) in [6, 6.07) is 2.35. The average Bonchev–Trinajstić information content (AvgIpc) is 2.49. The third kappa shape index (κ3) is 2.68. The van der Waals surface area contributed by atoms with Crippen molar-refractivity contribution in [1.29, 1.82) is 0 Å². The molecule has 2 N–H and O–H groups in total. The third-order valence-corrected chi connectivity index (χ3v) is 3.43. The van der Waals surface area contributed by atoms with Gasteiger partial charge in [-0.25, -0.2) is 0 Å². The SMILES string of the molecule is CC(CC1CCCN1)NC1CCC1. The minimum Gasteiger partial charge on any atom is -0.314 e. The van der Waals surface area contributed by atoms with Crippen molar-refractivity contribution in [3.8, 4) is 0 Å². The highest BCUT2D eigenvalue weighted by molar-refractivity contribution is 4.83. The van der Waals surface area contributed by atoms with Crippen molar-refractivity contribution in [2.75, 3.05) is 6.54 Å². The van der Waals surface area contributed by atoms with Gasteiger partial charge in [0.1, 0.15) is 0 Å². The summed E-state index contributed by atoms with van der Waals surface area (Å²) < 4.78 is 0. The van der Waals surface area contributed by atoms with Crippen molar-refractivity contribution in [3.63, 3.8) is 0 Å². The number of nitrogens with one attached hydrogen (secondary N) is 2. The van der Waals surface area contributed by atoms with Crippen LogP contribution in [-0.4, -0.2) is 24.7 Å². The molecule has 2 unspecified atom stereocenters. The molecule has 1 heterocycles. The Morgan fingerprint density at radius 3 is 2.69 bits per heavy atom. The highest BCUT2D eigenvalue weighted by Crippen LogP contribution is 2.20. The van der Waals surface area contributed by atoms with Crippen molar-refractivity contribution < 1.29 is 0 Å². The molecule has 0 aromatic heterocycles. The van der Waals surface area contributed by atoms with Crippen LogP contribution in [0.3, 0.4) is 0 Å². The number of rotatable bonds is 4. The second kappa shape index (κ2) is 4.43. The summed E-state index contributed by atoms with van der Waals surface area (Å²) in [6.07, 6.45) is 8.32. The number of hydrogen-bond donors (Lipinski definition) is 2. The summed E-state index contributed by atoms with van der Waals surface area (Å²) in [6.45, 7) is 3.57. The second-order valence-electron chi connectivity index (χ2n) is 4.72. The topological polar surface area (TPSA) is 24.1 Å². The molecule has 1 aliphatic carbocycles. The van der Waals surface area contributed by atoms with E-state index in [4.69, 9.17) is 0 Å². The van der Waals surface area contributed by atoms with Crippen LogP contribution >= 0.6 is 0 Å². The molecule has 0 radical (unpaired) electrons. The molecule has 2 heteroatoms. The van der Waals surface area contributed by atoms with Gasteiger partial charge in [-0.1, -0.05) is 6.42 Å². The van der Waals surface area contributed by atoms with E-state index in [0.29, 0.717) is 6.04 Å². The normalized spacial score (nSPS) is 31.6. The molecule has 0 bridgehead atoms. The van der Waals surface area contributed by atoms with Crippen LogP contribution in [-0.2, 0) is 0 Å². The Hall–Kier alpha value is -0.0800. The maximum Gasteiger partial charge on any atom is 0.00822 e. The van der Waals surface area contributed by atoms with Crippen LogP contribution in [0.5, 0.6) is 0 Å². The molecule has 1 saturated carbocycles. The molecular formula is C11H22N2. The summed E-state index contributed by atoms with van der Waals surface area (Å²) in [5.41, 5.74) is 0. The molecule has 2 rings (SSSR count). The minimum absolute atomic E-state index is 0.709. The Bertz CT molecular complexity index is 148. The van der Waals surface area contributed by atoms with Gasteiger partial charge >= 0.3 is 0 Å². The van der Waals surface area contributed by atoms with Crippen LogP contribution in [0.1, 0.15) is 45.4 Å². The molecule has 1 saturated heterocycles. The molecule has 1 aliphatic heterocycles. The van der Waals surface area contributed by atoms with Crippen molar-refractivity contribution >= 4 is 0 Å². The fraction of sp³-hybridized carbons (Fsp3) is 1.00. The molecule has 76 valence electrons. The quantitative estimate of drug-likeness (QED) is 0.691. The van der Waals surface area contributed by atoms with Gasteiger partial charge in [0, 0.05) is 18.1 Å². The van der Waals surface area contributed by atoms with E-state index in [1.54, 1.807) is 0 Å². The largest absolute Gasteiger partial charge is 0.314 e. The Morgan fingerprint density at radius 1 is 1.31 bits per heavy atom. The lowest BCUT2D eigenvalue weighted by molar-refractivity contribution is 0.294. The highest BCUT2D eigenvalue weighted by atomic mass is 15.0. The van der Waals surface area contributed by atoms with Gasteiger partial charge in [0.25, 0.3) is 0 Å². The zero-order valence-corrected chi connectivity index (χ0v) is 8.68. The molecule has 0 aromatic carbocycles. The van der Waals surface area contributed by atoms with Gasteiger partial charge in [-0.2, -0.15) is 0 Å². The first-order valence-electron chi connectivity index (χ1n) is 5.84. The Balaban J connectivity index is 1.61. The average molecular weight is 182 g/mol. The predicted octanol–water partition coefficient (Wildman–Crippen LogP) is 1.66. The summed E-state index contributed by atoms with van der Waals surface area (Å²) in [5.74, 6) is 0. The third-order valence-electron chi connectivity index (χ3n) is 3.43. The van der Waals surface area contributed by atoms with Gasteiger partial charge in [-0.15, -0.1) is 0 Å². The van der Waals surface area contributed by atoms with Gasteiger partial charge in [0.2, 0.25) is 0 Å². The van der Waals surface area contributed by atoms with Gasteiger partial charge in [-0.3, -0.25) is 0 Å². The Kier molecular flexibility index (Phi) is 3.23. The van der Waals surface area contributed by atoms with Gasteiger partial charge in [0.05, 0.1) is 0 Å². The van der Waals surface area contributed by atoms with E-state index in [-0.39, 0.29) is 0 Å². The predicted molar refractivity (Wildman–Crippen MR) is 55.9 cm³/mol. The first kappa shape index (κ1) is 9.47. The lowest BCUT2D eigenvalue weighted by Gasteiger charge is -2.31. The van der Waals surface area contributed by atoms with Crippen molar-refractivity contribution in [3.05, 3.63) is 0 Å². The molecule has 2 nitrogen and oxygen atoms in total. The molecule has 0 amide bonds. The fourth-order valence-corrected chi connectivity index (χ4v) is 2.43. The molecule has 0 aromatic rings. The first-order valence-corrected chi connectivity index (χ1v) is 5.84. The van der Waals surface area contributed by atoms with Crippen LogP contribution in [0, 0.1) is 0 Å². The van der Waals surface area contributed by atoms with Crippen LogP contribution in [0.15, 0.2) is 0 Å². The van der Waals surface area contributed by atoms with Gasteiger partial charge < -0.3 is 10.6 Å². The smallest absolute Gasteiger partial charge is 0.00822 e. The summed E-state index contributed by atoms with van der Waals surface area (Å²) >= 11 is 0. The van der Waals surface area contributed by atoms with Crippen LogP contribution in [0.4, 0.5) is 0 Å². The molecule has 0 spiro atoms. The van der Waals surface area contributed by atoms with E-state index in [9.17, 15) is 0 Å². The van der Waals surface area contributed by atoms with Crippen LogP contribution in [0.25, 0.3) is 0 Å². The molecule has 13 heavy (non-hydrogen) atoms. The van der Waals surface area contributed by atoms with E-state index in [0.717, 1.165) is 12.1 Å². The standard InChI is InChI=1S/C11H22N2/c1-9(13-10-4-2-5-10)8-11-6-3-7-12-11/h9-13H,2-8H2,1H3. The Morgan fingerprint density at radius 2 is 2.15 bits per heavy atom. The molecule has 2 atom stereocenters. The second-order valence-corrected chi connectivity index (χ2v) is 4.72. The molecular weight excluding hydrogens is 160 g/mol. The van der Waals surface area contributed by atoms with Crippen molar-refractivity contribution in [2.24, 2.45) is 0 Å². The van der Waals surface area contributed by atoms with Gasteiger partial charge in [-0.05, 0) is 45.6 Å². The summed E-state index contributed by atoms with van der Waals surface area (Å²) in [7, 11) is 0. The van der Waals surface area contributed by atoms with Gasteiger partial charge in [0.15, 0.2) is 0 Å². The van der Waals surface area contributed by atoms with Crippen LogP contribution in [0.2, 0.25) is 0 Å². The monoisotopic (exact) mass is 182 g/mol. The van der Waals surface area contributed by atoms with Crippen molar-refractivity contribution in [1.82, 2.24) is 10.6 Å². The zero-order chi connectivity index (χ0) is 9.10. The lowest BCUT2D eigenvalue weighted by Crippen LogP contribution is -2.43. The zero-order valence-electron chi connectivity index (χ0n) is 8.68. The molecule has 2 fully saturated rings. The minimum atomic E-state index is 0.709. The maximum atomic E-state index is 3.70. The fourth-order valence-electron chi connectivity index (χ4n) is 2.43. The first-order chi connectivity index (χ1) is 6.34. The number of hydrogen-bond acceptors (Lipinski definition) is 2. The van der Waals surface area contributed by atoms with E-state index >= 15 is 0 Å². The summed E-state index contributed by atoms with van der Waals surface area (Å²) in [5, 5.41) is 7.26. The van der Waals surface area contributed by atoms with E-state index in [1.165, 1.54) is 45.1 Å². The van der Waals surface area contributed by atoms with E-state index in [2.05, 4.69) is 17.6 Å².